The molecule has 1 aliphatic carbocycles. The number of carbonyl (C=O) groups is 1. The van der Waals surface area contributed by atoms with Gasteiger partial charge in [0.25, 0.3) is 0 Å². The number of anilines is 1. The van der Waals surface area contributed by atoms with Crippen LogP contribution in [0.4, 0.5) is 5.82 Å². The molecule has 2 N–H and O–H groups in total. The molecule has 2 rings (SSSR count). The molecule has 4 nitrogen and oxygen atoms in total. The number of rotatable bonds is 6. The summed E-state index contributed by atoms with van der Waals surface area (Å²) in [5.74, 6) is 0.961. The third-order valence-electron chi connectivity index (χ3n) is 2.62. The Kier molecular flexibility index (Phi) is 5.00. The highest BCUT2D eigenvalue weighted by molar-refractivity contribution is 9.11. The van der Waals surface area contributed by atoms with E-state index in [9.17, 15) is 4.79 Å². The first-order valence-corrected chi connectivity index (χ1v) is 7.58. The molecule has 1 fully saturated rings. The van der Waals surface area contributed by atoms with E-state index in [2.05, 4.69) is 47.5 Å². The molecule has 1 aliphatic rings. The van der Waals surface area contributed by atoms with Crippen LogP contribution in [0.1, 0.15) is 25.7 Å². The van der Waals surface area contributed by atoms with Crippen LogP contribution >= 0.6 is 31.9 Å². The zero-order valence-electron chi connectivity index (χ0n) is 9.88. The van der Waals surface area contributed by atoms with Crippen LogP contribution in [0.15, 0.2) is 21.2 Å². The maximum Gasteiger partial charge on any atom is 0.220 e. The van der Waals surface area contributed by atoms with Gasteiger partial charge in [-0.2, -0.15) is 0 Å². The molecule has 0 bridgehead atoms. The van der Waals surface area contributed by atoms with Gasteiger partial charge in [0.1, 0.15) is 5.82 Å². The van der Waals surface area contributed by atoms with Crippen molar-refractivity contribution in [2.24, 2.45) is 0 Å². The fourth-order valence-corrected chi connectivity index (χ4v) is 2.66. The van der Waals surface area contributed by atoms with Gasteiger partial charge in [0.2, 0.25) is 5.91 Å². The first-order chi connectivity index (χ1) is 8.65. The minimum atomic E-state index is 0.155. The molecule has 1 aromatic rings. The van der Waals surface area contributed by atoms with Crippen molar-refractivity contribution >= 4 is 43.6 Å². The van der Waals surface area contributed by atoms with Gasteiger partial charge >= 0.3 is 0 Å². The SMILES string of the molecule is O=C(CCCNc1ncc(Br)cc1Br)NC1CC1. The topological polar surface area (TPSA) is 54.0 Å². The van der Waals surface area contributed by atoms with Gasteiger partial charge in [0, 0.05) is 29.7 Å². The molecule has 1 saturated carbocycles. The molecule has 0 aromatic carbocycles. The molecule has 0 unspecified atom stereocenters. The number of nitrogens with one attached hydrogen (secondary N) is 2. The second-order valence-electron chi connectivity index (χ2n) is 4.36. The Hall–Kier alpha value is -0.620. The van der Waals surface area contributed by atoms with Crippen LogP contribution in [0.3, 0.4) is 0 Å². The number of hydrogen-bond acceptors (Lipinski definition) is 3. The fraction of sp³-hybridized carbons (Fsp3) is 0.500. The Labute approximate surface area is 123 Å². The van der Waals surface area contributed by atoms with E-state index >= 15 is 0 Å². The molecule has 1 amide bonds. The first kappa shape index (κ1) is 13.8. The zero-order chi connectivity index (χ0) is 13.0. The summed E-state index contributed by atoms with van der Waals surface area (Å²) in [6.07, 6.45) is 5.40. The Morgan fingerprint density at radius 3 is 2.89 bits per heavy atom. The number of pyridine rings is 1. The van der Waals surface area contributed by atoms with Crippen LogP contribution in [0.2, 0.25) is 0 Å². The van der Waals surface area contributed by atoms with E-state index < -0.39 is 0 Å². The van der Waals surface area contributed by atoms with Crippen LogP contribution < -0.4 is 10.6 Å². The minimum Gasteiger partial charge on any atom is -0.369 e. The van der Waals surface area contributed by atoms with Gasteiger partial charge in [0.05, 0.1) is 4.47 Å². The summed E-state index contributed by atoms with van der Waals surface area (Å²) in [7, 11) is 0. The number of nitrogens with zero attached hydrogens (tertiary/aromatic N) is 1. The van der Waals surface area contributed by atoms with Crippen LogP contribution in [0, 0.1) is 0 Å². The van der Waals surface area contributed by atoms with E-state index in [-0.39, 0.29) is 5.91 Å². The third-order valence-corrected chi connectivity index (χ3v) is 3.66. The molecule has 1 heterocycles. The van der Waals surface area contributed by atoms with E-state index in [1.807, 2.05) is 6.07 Å². The van der Waals surface area contributed by atoms with Crippen molar-refractivity contribution < 1.29 is 4.79 Å². The Morgan fingerprint density at radius 1 is 1.44 bits per heavy atom. The second-order valence-corrected chi connectivity index (χ2v) is 6.13. The van der Waals surface area contributed by atoms with Crippen LogP contribution in [0.5, 0.6) is 0 Å². The number of carbonyl (C=O) groups excluding carboxylic acids is 1. The lowest BCUT2D eigenvalue weighted by molar-refractivity contribution is -0.121. The van der Waals surface area contributed by atoms with E-state index in [0.717, 1.165) is 40.6 Å². The summed E-state index contributed by atoms with van der Waals surface area (Å²) in [6.45, 7) is 0.741. The van der Waals surface area contributed by atoms with E-state index in [4.69, 9.17) is 0 Å². The highest BCUT2D eigenvalue weighted by atomic mass is 79.9. The second kappa shape index (κ2) is 6.52. The smallest absolute Gasteiger partial charge is 0.220 e. The Morgan fingerprint density at radius 2 is 2.22 bits per heavy atom. The number of aromatic nitrogens is 1. The van der Waals surface area contributed by atoms with E-state index in [1.165, 1.54) is 0 Å². The van der Waals surface area contributed by atoms with Gasteiger partial charge < -0.3 is 10.6 Å². The van der Waals surface area contributed by atoms with Crippen molar-refractivity contribution in [3.63, 3.8) is 0 Å². The predicted molar refractivity (Wildman–Crippen MR) is 78.5 cm³/mol. The molecule has 0 spiro atoms. The highest BCUT2D eigenvalue weighted by Crippen LogP contribution is 2.23. The molecule has 98 valence electrons. The molecule has 0 radical (unpaired) electrons. The van der Waals surface area contributed by atoms with Crippen LogP contribution in [-0.2, 0) is 4.79 Å². The van der Waals surface area contributed by atoms with Crippen molar-refractivity contribution in [1.82, 2.24) is 10.3 Å². The van der Waals surface area contributed by atoms with Crippen molar-refractivity contribution in [3.8, 4) is 0 Å². The monoisotopic (exact) mass is 375 g/mol. The quantitative estimate of drug-likeness (QED) is 0.750. The van der Waals surface area contributed by atoms with Gasteiger partial charge in [0.15, 0.2) is 0 Å². The Bertz CT molecular complexity index is 435. The minimum absolute atomic E-state index is 0.155. The van der Waals surface area contributed by atoms with E-state index in [1.54, 1.807) is 6.20 Å². The lowest BCUT2D eigenvalue weighted by atomic mass is 10.3. The third kappa shape index (κ3) is 4.57. The highest BCUT2D eigenvalue weighted by Gasteiger charge is 2.22. The lowest BCUT2D eigenvalue weighted by Gasteiger charge is -2.07. The molecule has 18 heavy (non-hydrogen) atoms. The predicted octanol–water partition coefficient (Wildman–Crippen LogP) is 3.08. The van der Waals surface area contributed by atoms with Gasteiger partial charge in [-0.05, 0) is 57.2 Å². The lowest BCUT2D eigenvalue weighted by Crippen LogP contribution is -2.25. The van der Waals surface area contributed by atoms with Crippen molar-refractivity contribution in [2.75, 3.05) is 11.9 Å². The molecule has 0 atom stereocenters. The number of halogens is 2. The van der Waals surface area contributed by atoms with E-state index in [0.29, 0.717) is 12.5 Å². The summed E-state index contributed by atoms with van der Waals surface area (Å²) >= 11 is 6.79. The maximum absolute atomic E-state index is 11.4. The van der Waals surface area contributed by atoms with Crippen LogP contribution in [0.25, 0.3) is 0 Å². The maximum atomic E-state index is 11.4. The molecule has 1 aromatic heterocycles. The fourth-order valence-electron chi connectivity index (χ4n) is 1.53. The molecule has 0 aliphatic heterocycles. The summed E-state index contributed by atoms with van der Waals surface area (Å²) in [6, 6.07) is 2.39. The average Bonchev–Trinajstić information content (AvgIpc) is 3.10. The molecule has 6 heteroatoms. The standard InChI is InChI=1S/C12H15Br2N3O/c13-8-6-10(14)12(16-7-8)15-5-1-2-11(18)17-9-3-4-9/h6-7,9H,1-5H2,(H,15,16)(H,17,18). The van der Waals surface area contributed by atoms with Crippen molar-refractivity contribution in [1.29, 1.82) is 0 Å². The van der Waals surface area contributed by atoms with Gasteiger partial charge in [-0.15, -0.1) is 0 Å². The largest absolute Gasteiger partial charge is 0.369 e. The van der Waals surface area contributed by atoms with Gasteiger partial charge in [-0.3, -0.25) is 4.79 Å². The van der Waals surface area contributed by atoms with Gasteiger partial charge in [-0.1, -0.05) is 0 Å². The van der Waals surface area contributed by atoms with Crippen molar-refractivity contribution in [2.45, 2.75) is 31.7 Å². The van der Waals surface area contributed by atoms with Crippen molar-refractivity contribution in [3.05, 3.63) is 21.2 Å². The van der Waals surface area contributed by atoms with Crippen LogP contribution in [-0.4, -0.2) is 23.5 Å². The van der Waals surface area contributed by atoms with Gasteiger partial charge in [-0.25, -0.2) is 4.98 Å². The number of amides is 1. The summed E-state index contributed by atoms with van der Waals surface area (Å²) in [5.41, 5.74) is 0. The number of hydrogen-bond donors (Lipinski definition) is 2. The average molecular weight is 377 g/mol. The molecular formula is C12H15Br2N3O. The Balaban J connectivity index is 1.66. The summed E-state index contributed by atoms with van der Waals surface area (Å²) < 4.78 is 1.85. The summed E-state index contributed by atoms with van der Waals surface area (Å²) in [4.78, 5) is 15.7. The molecular weight excluding hydrogens is 362 g/mol. The molecule has 0 saturated heterocycles. The zero-order valence-corrected chi connectivity index (χ0v) is 13.1. The first-order valence-electron chi connectivity index (χ1n) is 5.99. The summed E-state index contributed by atoms with van der Waals surface area (Å²) in [5, 5.41) is 6.18. The normalized spacial score (nSPS) is 14.3.